The minimum absolute atomic E-state index is 0.0935. The number of carboxylic acid groups (broad SMARTS) is 1. The van der Waals surface area contributed by atoms with Crippen LogP contribution in [-0.2, 0) is 4.74 Å². The van der Waals surface area contributed by atoms with Gasteiger partial charge in [-0.1, -0.05) is 46.5 Å². The molecule has 0 aliphatic carbocycles. The zero-order valence-electron chi connectivity index (χ0n) is 19.7. The maximum atomic E-state index is 12.4. The molecule has 1 atom stereocenters. The predicted octanol–water partition coefficient (Wildman–Crippen LogP) is 6.56. The first-order valence-electron chi connectivity index (χ1n) is 12.0. The Morgan fingerprint density at radius 3 is 1.97 bits per heavy atom. The van der Waals surface area contributed by atoms with Crippen LogP contribution >= 0.6 is 0 Å². The molecule has 0 aromatic heterocycles. The van der Waals surface area contributed by atoms with Crippen molar-refractivity contribution in [1.82, 2.24) is 4.90 Å². The molecule has 0 saturated carbocycles. The molecular weight excluding hydrogens is 392 g/mol. The second-order valence-corrected chi connectivity index (χ2v) is 8.22. The van der Waals surface area contributed by atoms with Gasteiger partial charge in [-0.2, -0.15) is 0 Å². The number of carbonyl (C=O) groups is 2. The van der Waals surface area contributed by atoms with Gasteiger partial charge in [0.2, 0.25) is 0 Å². The highest BCUT2D eigenvalue weighted by atomic mass is 16.6. The summed E-state index contributed by atoms with van der Waals surface area (Å²) in [7, 11) is 0. The number of rotatable bonds is 17. The van der Waals surface area contributed by atoms with Crippen LogP contribution in [0, 0.1) is 0 Å². The molecule has 6 nitrogen and oxygen atoms in total. The molecule has 0 spiro atoms. The van der Waals surface area contributed by atoms with Gasteiger partial charge in [-0.25, -0.2) is 9.59 Å². The Hall–Kier alpha value is -2.08. The van der Waals surface area contributed by atoms with E-state index in [0.29, 0.717) is 5.69 Å². The first-order valence-corrected chi connectivity index (χ1v) is 12.0. The monoisotopic (exact) mass is 434 g/mol. The summed E-state index contributed by atoms with van der Waals surface area (Å²) < 4.78 is 5.74. The van der Waals surface area contributed by atoms with Crippen molar-refractivity contribution in [3.05, 3.63) is 29.8 Å². The number of nitrogens with zero attached hydrogens (tertiary/aromatic N) is 1. The number of benzene rings is 1. The number of hydrogen-bond donors (Lipinski definition) is 2. The van der Waals surface area contributed by atoms with Crippen LogP contribution in [0.4, 0.5) is 10.5 Å². The Labute approximate surface area is 188 Å². The lowest BCUT2D eigenvalue weighted by atomic mass is 10.1. The van der Waals surface area contributed by atoms with Crippen LogP contribution in [0.3, 0.4) is 0 Å². The highest BCUT2D eigenvalue weighted by molar-refractivity contribution is 5.89. The summed E-state index contributed by atoms with van der Waals surface area (Å²) in [5.41, 5.74) is 0.722. The van der Waals surface area contributed by atoms with Gasteiger partial charge < -0.3 is 14.7 Å². The zero-order chi connectivity index (χ0) is 22.9. The van der Waals surface area contributed by atoms with E-state index in [1.165, 1.54) is 37.8 Å². The van der Waals surface area contributed by atoms with Gasteiger partial charge in [0.1, 0.15) is 6.10 Å². The number of ether oxygens (including phenoxy) is 1. The maximum Gasteiger partial charge on any atom is 0.411 e. The van der Waals surface area contributed by atoms with Crippen LogP contribution < -0.4 is 5.32 Å². The first-order chi connectivity index (χ1) is 15.0. The van der Waals surface area contributed by atoms with Crippen molar-refractivity contribution in [2.24, 2.45) is 0 Å². The number of amides is 1. The summed E-state index contributed by atoms with van der Waals surface area (Å²) in [5.74, 6) is -0.989. The van der Waals surface area contributed by atoms with Gasteiger partial charge in [0, 0.05) is 5.69 Å². The van der Waals surface area contributed by atoms with Crippen LogP contribution in [0.5, 0.6) is 0 Å². The van der Waals surface area contributed by atoms with Crippen molar-refractivity contribution in [1.29, 1.82) is 0 Å². The highest BCUT2D eigenvalue weighted by Crippen LogP contribution is 2.16. The molecule has 1 aromatic carbocycles. The average molecular weight is 435 g/mol. The fourth-order valence-corrected chi connectivity index (χ4v) is 3.52. The van der Waals surface area contributed by atoms with E-state index in [-0.39, 0.29) is 11.7 Å². The molecule has 1 amide bonds. The Balaban J connectivity index is 2.55. The molecule has 0 saturated heterocycles. The van der Waals surface area contributed by atoms with E-state index in [2.05, 4.69) is 31.0 Å². The molecule has 176 valence electrons. The molecule has 0 aliphatic rings. The Kier molecular flexibility index (Phi) is 14.4. The van der Waals surface area contributed by atoms with E-state index in [0.717, 1.165) is 58.2 Å². The van der Waals surface area contributed by atoms with E-state index >= 15 is 0 Å². The van der Waals surface area contributed by atoms with Gasteiger partial charge in [-0.3, -0.25) is 5.32 Å². The lowest BCUT2D eigenvalue weighted by Crippen LogP contribution is -2.29. The normalized spacial score (nSPS) is 12.0. The molecule has 1 aromatic rings. The van der Waals surface area contributed by atoms with Crippen LogP contribution in [0.1, 0.15) is 95.3 Å². The Bertz CT molecular complexity index is 610. The maximum absolute atomic E-state index is 12.4. The average Bonchev–Trinajstić information content (AvgIpc) is 2.75. The molecular formula is C25H42N2O4. The van der Waals surface area contributed by atoms with Crippen molar-refractivity contribution in [3.8, 4) is 0 Å². The smallest absolute Gasteiger partial charge is 0.411 e. The minimum atomic E-state index is -0.989. The summed E-state index contributed by atoms with van der Waals surface area (Å²) in [4.78, 5) is 25.9. The minimum Gasteiger partial charge on any atom is -0.478 e. The quantitative estimate of drug-likeness (QED) is 0.271. The Morgan fingerprint density at radius 2 is 1.42 bits per heavy atom. The topological polar surface area (TPSA) is 78.9 Å². The second kappa shape index (κ2) is 16.6. The van der Waals surface area contributed by atoms with Crippen LogP contribution in [0.15, 0.2) is 24.3 Å². The van der Waals surface area contributed by atoms with E-state index < -0.39 is 12.1 Å². The number of unbranched alkanes of at least 4 members (excludes halogenated alkanes) is 4. The Morgan fingerprint density at radius 1 is 0.871 bits per heavy atom. The molecule has 1 unspecified atom stereocenters. The third-order valence-corrected chi connectivity index (χ3v) is 5.44. The van der Waals surface area contributed by atoms with Crippen molar-refractivity contribution in [2.45, 2.75) is 91.1 Å². The van der Waals surface area contributed by atoms with E-state index in [1.807, 2.05) is 0 Å². The standard InChI is InChI=1S/C25H42N2O4/c1-4-7-10-12-23(13-11-20-27(18-8-5-2)19-9-6-3)31-25(30)26-22-16-14-21(15-17-22)24(28)29/h14-17,23H,4-13,18-20H2,1-3H3,(H,26,30)(H,28,29). The molecule has 31 heavy (non-hydrogen) atoms. The molecule has 0 bridgehead atoms. The van der Waals surface area contributed by atoms with E-state index in [4.69, 9.17) is 9.84 Å². The summed E-state index contributed by atoms with van der Waals surface area (Å²) >= 11 is 0. The van der Waals surface area contributed by atoms with Crippen LogP contribution in [0.2, 0.25) is 0 Å². The largest absolute Gasteiger partial charge is 0.478 e. The molecule has 0 heterocycles. The van der Waals surface area contributed by atoms with Gasteiger partial charge in [-0.05, 0) is 82.4 Å². The molecule has 0 radical (unpaired) electrons. The number of carbonyl (C=O) groups excluding carboxylic acids is 1. The number of carboxylic acids is 1. The van der Waals surface area contributed by atoms with Crippen molar-refractivity contribution in [3.63, 3.8) is 0 Å². The molecule has 6 heteroatoms. The number of hydrogen-bond acceptors (Lipinski definition) is 4. The SMILES string of the molecule is CCCCCC(CCCN(CCCC)CCCC)OC(=O)Nc1ccc(C(=O)O)cc1. The molecule has 1 rings (SSSR count). The van der Waals surface area contributed by atoms with Gasteiger partial charge >= 0.3 is 12.1 Å². The predicted molar refractivity (Wildman–Crippen MR) is 127 cm³/mol. The van der Waals surface area contributed by atoms with Crippen molar-refractivity contribution < 1.29 is 19.4 Å². The van der Waals surface area contributed by atoms with E-state index in [9.17, 15) is 9.59 Å². The van der Waals surface area contributed by atoms with Crippen LogP contribution in [-0.4, -0.2) is 47.8 Å². The summed E-state index contributed by atoms with van der Waals surface area (Å²) in [6.45, 7) is 9.96. The summed E-state index contributed by atoms with van der Waals surface area (Å²) in [5, 5.41) is 11.7. The van der Waals surface area contributed by atoms with Gasteiger partial charge in [0.05, 0.1) is 5.56 Å². The van der Waals surface area contributed by atoms with Gasteiger partial charge in [0.25, 0.3) is 0 Å². The fourth-order valence-electron chi connectivity index (χ4n) is 3.52. The molecule has 0 fully saturated rings. The van der Waals surface area contributed by atoms with E-state index in [1.54, 1.807) is 12.1 Å². The fraction of sp³-hybridized carbons (Fsp3) is 0.680. The second-order valence-electron chi connectivity index (χ2n) is 8.22. The molecule has 2 N–H and O–H groups in total. The van der Waals surface area contributed by atoms with Crippen molar-refractivity contribution in [2.75, 3.05) is 25.0 Å². The third kappa shape index (κ3) is 12.4. The zero-order valence-corrected chi connectivity index (χ0v) is 19.7. The number of aromatic carboxylic acids is 1. The number of nitrogens with one attached hydrogen (secondary N) is 1. The lowest BCUT2D eigenvalue weighted by Gasteiger charge is -2.24. The molecule has 0 aliphatic heterocycles. The van der Waals surface area contributed by atoms with Gasteiger partial charge in [-0.15, -0.1) is 0 Å². The van der Waals surface area contributed by atoms with Gasteiger partial charge in [0.15, 0.2) is 0 Å². The first kappa shape index (κ1) is 27.0. The number of anilines is 1. The van der Waals surface area contributed by atoms with Crippen molar-refractivity contribution >= 4 is 17.7 Å². The summed E-state index contributed by atoms with van der Waals surface area (Å²) in [6, 6.07) is 6.10. The third-order valence-electron chi connectivity index (χ3n) is 5.44. The highest BCUT2D eigenvalue weighted by Gasteiger charge is 2.16. The van der Waals surface area contributed by atoms with Crippen LogP contribution in [0.25, 0.3) is 0 Å². The lowest BCUT2D eigenvalue weighted by molar-refractivity contribution is 0.0696. The summed E-state index contributed by atoms with van der Waals surface area (Å²) in [6.07, 6.45) is 10.4.